The monoisotopic (exact) mass is 865 g/mol. The number of amides is 1. The van der Waals surface area contributed by atoms with E-state index >= 15 is 0 Å². The summed E-state index contributed by atoms with van der Waals surface area (Å²) < 4.78 is 12.0. The quantitative estimate of drug-likeness (QED) is 0.0450. The molecule has 0 heterocycles. The van der Waals surface area contributed by atoms with E-state index in [1.54, 1.807) is 0 Å². The summed E-state index contributed by atoms with van der Waals surface area (Å²) in [4.78, 5) is 18.8. The molecule has 0 saturated heterocycles. The van der Waals surface area contributed by atoms with Gasteiger partial charge in [-0.1, -0.05) is 271 Å². The fraction of sp³-hybridized carbons (Fsp3) is 0.963. The maximum Gasteiger partial charge on any atom is 0.248 e. The molecule has 0 atom stereocenters. The summed E-state index contributed by atoms with van der Waals surface area (Å²) in [5.41, 5.74) is 0. The Bertz CT molecular complexity index is 741. The molecule has 0 unspecified atom stereocenters. The van der Waals surface area contributed by atoms with E-state index in [-0.39, 0.29) is 12.5 Å². The number of carbonyl (C=O) groups is 1. The minimum Gasteiger partial charge on any atom is -0.372 e. The summed E-state index contributed by atoms with van der Waals surface area (Å²) in [6.07, 6.45) is 53.5. The molecule has 0 saturated carbocycles. The largest absolute Gasteiger partial charge is 0.372 e. The predicted octanol–water partition coefficient (Wildman–Crippen LogP) is 17.2. The molecule has 0 aliphatic rings. The second kappa shape index (κ2) is 50.9. The highest BCUT2D eigenvalue weighted by Crippen LogP contribution is 2.16. The maximum absolute atomic E-state index is 13.4. The van der Waals surface area contributed by atoms with Crippen LogP contribution in [0.5, 0.6) is 0 Å². The van der Waals surface area contributed by atoms with E-state index in [9.17, 15) is 4.79 Å². The van der Waals surface area contributed by atoms with Crippen LogP contribution < -0.4 is 0 Å². The van der Waals surface area contributed by atoms with Crippen LogP contribution >= 0.6 is 12.2 Å². The van der Waals surface area contributed by atoms with E-state index in [1.807, 2.05) is 0 Å². The van der Waals surface area contributed by atoms with Gasteiger partial charge in [-0.2, -0.15) is 0 Å². The lowest BCUT2D eigenvalue weighted by molar-refractivity contribution is -0.136. The van der Waals surface area contributed by atoms with Gasteiger partial charge in [0, 0.05) is 26.2 Å². The van der Waals surface area contributed by atoms with E-state index < -0.39 is 0 Å². The summed E-state index contributed by atoms with van der Waals surface area (Å²) in [6, 6.07) is 0. The van der Waals surface area contributed by atoms with Crippen molar-refractivity contribution in [2.75, 3.05) is 52.6 Å². The third kappa shape index (κ3) is 43.9. The molecule has 0 aliphatic carbocycles. The fourth-order valence-electron chi connectivity index (χ4n) is 8.50. The molecule has 358 valence electrons. The Balaban J connectivity index is 4.63. The van der Waals surface area contributed by atoms with Gasteiger partial charge in [-0.25, -0.2) is 0 Å². The van der Waals surface area contributed by atoms with E-state index in [1.165, 1.54) is 244 Å². The zero-order chi connectivity index (χ0) is 43.7. The fourth-order valence-corrected chi connectivity index (χ4v) is 8.77. The third-order valence-corrected chi connectivity index (χ3v) is 13.0. The Morgan fingerprint density at radius 2 is 0.533 bits per heavy atom. The van der Waals surface area contributed by atoms with Crippen LogP contribution in [0.1, 0.15) is 285 Å². The molecule has 0 aromatic heterocycles. The van der Waals surface area contributed by atoms with Crippen molar-refractivity contribution in [3.8, 4) is 0 Å². The van der Waals surface area contributed by atoms with Gasteiger partial charge in [0.25, 0.3) is 0 Å². The van der Waals surface area contributed by atoms with Gasteiger partial charge in [0.2, 0.25) is 5.91 Å². The van der Waals surface area contributed by atoms with Crippen LogP contribution in [0.2, 0.25) is 0 Å². The lowest BCUT2D eigenvalue weighted by Crippen LogP contribution is -2.36. The van der Waals surface area contributed by atoms with Gasteiger partial charge < -0.3 is 19.3 Å². The number of thiocarbonyl (C=S) groups is 1. The zero-order valence-electron chi connectivity index (χ0n) is 41.5. The smallest absolute Gasteiger partial charge is 0.248 e. The first-order valence-electron chi connectivity index (χ1n) is 27.3. The highest BCUT2D eigenvalue weighted by atomic mass is 32.1. The van der Waals surface area contributed by atoms with Crippen molar-refractivity contribution in [3.63, 3.8) is 0 Å². The number of unbranched alkanes of at least 4 members (excludes halogenated alkanes) is 36. The molecule has 6 heteroatoms. The Morgan fingerprint density at radius 3 is 0.800 bits per heavy atom. The summed E-state index contributed by atoms with van der Waals surface area (Å²) in [5.74, 6) is 0.150. The van der Waals surface area contributed by atoms with Crippen LogP contribution in [0.25, 0.3) is 0 Å². The van der Waals surface area contributed by atoms with Gasteiger partial charge in [-0.3, -0.25) is 4.79 Å². The summed E-state index contributed by atoms with van der Waals surface area (Å²) >= 11 is 5.96. The van der Waals surface area contributed by atoms with Gasteiger partial charge in [0.05, 0.1) is 19.8 Å². The predicted molar refractivity (Wildman–Crippen MR) is 270 cm³/mol. The molecule has 0 aromatic carbocycles. The standard InChI is InChI=1S/C54H108N2O3S/c1-5-9-13-17-21-25-29-33-37-41-45-55(46-42-38-34-30-26-22-18-14-10-6-2)53(57)51-58-49-50-59-52-54(60)56(47-43-39-35-31-27-23-19-15-11-7-3)48-44-40-36-32-28-24-20-16-12-8-4/h5-52H2,1-4H3. The average molecular weight is 866 g/mol. The van der Waals surface area contributed by atoms with Crippen LogP contribution in [0, 0.1) is 0 Å². The summed E-state index contributed by atoms with van der Waals surface area (Å²) in [6.45, 7) is 14.6. The number of rotatable bonds is 51. The SMILES string of the molecule is CCCCCCCCCCCCN(CCCCCCCCCCCC)C(=O)COCCOCC(=S)N(CCCCCCCCCCCC)CCCCCCCCCCCC. The Hall–Kier alpha value is -0.720. The van der Waals surface area contributed by atoms with Crippen LogP contribution in [-0.4, -0.2) is 73.3 Å². The van der Waals surface area contributed by atoms with Gasteiger partial charge >= 0.3 is 0 Å². The summed E-state index contributed by atoms with van der Waals surface area (Å²) in [5, 5.41) is 0. The highest BCUT2D eigenvalue weighted by molar-refractivity contribution is 7.80. The molecule has 5 nitrogen and oxygen atoms in total. The number of carbonyl (C=O) groups excluding carboxylic acids is 1. The lowest BCUT2D eigenvalue weighted by Gasteiger charge is -2.25. The van der Waals surface area contributed by atoms with E-state index in [0.29, 0.717) is 19.8 Å². The minimum absolute atomic E-state index is 0.150. The molecule has 0 spiro atoms. The molecule has 0 fully saturated rings. The highest BCUT2D eigenvalue weighted by Gasteiger charge is 2.14. The summed E-state index contributed by atoms with van der Waals surface area (Å²) in [7, 11) is 0. The van der Waals surface area contributed by atoms with Crippen molar-refractivity contribution in [1.29, 1.82) is 0 Å². The molecule has 0 N–H and O–H groups in total. The molecule has 60 heavy (non-hydrogen) atoms. The molecule has 0 rings (SSSR count). The Labute approximate surface area is 382 Å². The van der Waals surface area contributed by atoms with Gasteiger partial charge in [-0.05, 0) is 25.7 Å². The van der Waals surface area contributed by atoms with E-state index in [2.05, 4.69) is 37.5 Å². The second-order valence-corrected chi connectivity index (χ2v) is 19.1. The molecule has 0 radical (unpaired) electrons. The molecule has 0 aliphatic heterocycles. The first-order valence-corrected chi connectivity index (χ1v) is 27.7. The van der Waals surface area contributed by atoms with Crippen LogP contribution in [0.3, 0.4) is 0 Å². The van der Waals surface area contributed by atoms with Gasteiger partial charge in [-0.15, -0.1) is 0 Å². The number of ether oxygens (including phenoxy) is 2. The molecular formula is C54H108N2O3S. The van der Waals surface area contributed by atoms with Crippen molar-refractivity contribution >= 4 is 23.1 Å². The first kappa shape index (κ1) is 59.3. The van der Waals surface area contributed by atoms with Crippen LogP contribution in [0.4, 0.5) is 0 Å². The van der Waals surface area contributed by atoms with E-state index in [4.69, 9.17) is 21.7 Å². The number of hydrogen-bond acceptors (Lipinski definition) is 4. The van der Waals surface area contributed by atoms with Crippen LogP contribution in [-0.2, 0) is 14.3 Å². The van der Waals surface area contributed by atoms with Gasteiger partial charge in [0.1, 0.15) is 11.6 Å². The molecule has 0 bridgehead atoms. The maximum atomic E-state index is 13.4. The van der Waals surface area contributed by atoms with Crippen molar-refractivity contribution < 1.29 is 14.3 Å². The Kier molecular flexibility index (Phi) is 50.3. The normalized spacial score (nSPS) is 11.5. The van der Waals surface area contributed by atoms with Crippen molar-refractivity contribution in [2.45, 2.75) is 285 Å². The van der Waals surface area contributed by atoms with Crippen LogP contribution in [0.15, 0.2) is 0 Å². The van der Waals surface area contributed by atoms with Gasteiger partial charge in [0.15, 0.2) is 0 Å². The third-order valence-electron chi connectivity index (χ3n) is 12.7. The van der Waals surface area contributed by atoms with E-state index in [0.717, 1.165) is 44.0 Å². The number of hydrogen-bond donors (Lipinski definition) is 0. The van der Waals surface area contributed by atoms with Crippen molar-refractivity contribution in [3.05, 3.63) is 0 Å². The second-order valence-electron chi connectivity index (χ2n) is 18.6. The van der Waals surface area contributed by atoms with Crippen molar-refractivity contribution in [2.24, 2.45) is 0 Å². The number of nitrogens with zero attached hydrogens (tertiary/aromatic N) is 2. The molecule has 1 amide bonds. The topological polar surface area (TPSA) is 42.0 Å². The first-order chi connectivity index (χ1) is 29.6. The Morgan fingerprint density at radius 1 is 0.317 bits per heavy atom. The molecular weight excluding hydrogens is 757 g/mol. The lowest BCUT2D eigenvalue weighted by atomic mass is 10.1. The van der Waals surface area contributed by atoms with Crippen molar-refractivity contribution in [1.82, 2.24) is 9.80 Å². The average Bonchev–Trinajstić information content (AvgIpc) is 3.25. The minimum atomic E-state index is 0.150. The molecule has 0 aromatic rings. The zero-order valence-corrected chi connectivity index (χ0v) is 42.3.